The largest absolute Gasteiger partial charge is 0.497 e. The van der Waals surface area contributed by atoms with Crippen molar-refractivity contribution in [1.82, 2.24) is 14.5 Å². The number of aromatic nitrogens is 2. The fourth-order valence-electron chi connectivity index (χ4n) is 4.40. The Labute approximate surface area is 237 Å². The second-order valence-corrected chi connectivity index (χ2v) is 10.2. The van der Waals surface area contributed by atoms with E-state index in [4.69, 9.17) is 30.8 Å². The highest BCUT2D eigenvalue weighted by molar-refractivity contribution is 6.30. The van der Waals surface area contributed by atoms with Crippen molar-refractivity contribution in [3.05, 3.63) is 83.5 Å². The van der Waals surface area contributed by atoms with E-state index in [0.717, 1.165) is 11.3 Å². The maximum Gasteiger partial charge on any atom is 0.254 e. The molecule has 0 saturated heterocycles. The number of amides is 2. The summed E-state index contributed by atoms with van der Waals surface area (Å²) in [7, 11) is 1.59. The van der Waals surface area contributed by atoms with Crippen molar-refractivity contribution < 1.29 is 23.8 Å². The van der Waals surface area contributed by atoms with Gasteiger partial charge >= 0.3 is 0 Å². The average molecular weight is 561 g/mol. The summed E-state index contributed by atoms with van der Waals surface area (Å²) in [5.41, 5.74) is 2.64. The predicted molar refractivity (Wildman–Crippen MR) is 152 cm³/mol. The number of nitrogens with zero attached hydrogens (tertiary/aromatic N) is 3. The number of rotatable bonds is 9. The SMILES string of the molecule is COc1cccc(-n2cc(-c3ccc(Cl)cc3)nc2NC(=O)CN(CC(C)C)C(=O)c2ccc3c(c2)OCO3)c1. The minimum atomic E-state index is -0.382. The van der Waals surface area contributed by atoms with Crippen LogP contribution in [-0.4, -0.2) is 53.3 Å². The first kappa shape index (κ1) is 27.1. The van der Waals surface area contributed by atoms with Gasteiger partial charge < -0.3 is 19.1 Å². The van der Waals surface area contributed by atoms with Gasteiger partial charge in [-0.15, -0.1) is 0 Å². The van der Waals surface area contributed by atoms with Crippen LogP contribution in [0.3, 0.4) is 0 Å². The quantitative estimate of drug-likeness (QED) is 0.283. The first-order valence-corrected chi connectivity index (χ1v) is 13.2. The summed E-state index contributed by atoms with van der Waals surface area (Å²) < 4.78 is 17.9. The van der Waals surface area contributed by atoms with Gasteiger partial charge in [-0.25, -0.2) is 4.98 Å². The average Bonchev–Trinajstić information content (AvgIpc) is 3.59. The molecule has 40 heavy (non-hydrogen) atoms. The topological polar surface area (TPSA) is 94.9 Å². The molecule has 10 heteroatoms. The van der Waals surface area contributed by atoms with E-state index in [1.54, 1.807) is 42.0 Å². The Morgan fingerprint density at radius 1 is 1.07 bits per heavy atom. The molecular weight excluding hydrogens is 532 g/mol. The van der Waals surface area contributed by atoms with Gasteiger partial charge in [-0.1, -0.05) is 43.6 Å². The van der Waals surface area contributed by atoms with Crippen molar-refractivity contribution in [3.8, 4) is 34.2 Å². The molecule has 1 aromatic heterocycles. The first-order valence-electron chi connectivity index (χ1n) is 12.8. The summed E-state index contributed by atoms with van der Waals surface area (Å²) >= 11 is 6.07. The molecule has 1 aliphatic heterocycles. The van der Waals surface area contributed by atoms with Crippen molar-refractivity contribution in [2.75, 3.05) is 32.3 Å². The molecule has 2 heterocycles. The highest BCUT2D eigenvalue weighted by Gasteiger charge is 2.24. The van der Waals surface area contributed by atoms with Crippen LogP contribution in [0.15, 0.2) is 72.9 Å². The van der Waals surface area contributed by atoms with E-state index in [2.05, 4.69) is 5.32 Å². The molecule has 0 fully saturated rings. The highest BCUT2D eigenvalue weighted by atomic mass is 35.5. The molecule has 1 N–H and O–H groups in total. The molecule has 0 unspecified atom stereocenters. The highest BCUT2D eigenvalue weighted by Crippen LogP contribution is 2.33. The fraction of sp³-hybridized carbons (Fsp3) is 0.233. The molecule has 0 spiro atoms. The van der Waals surface area contributed by atoms with E-state index >= 15 is 0 Å². The molecule has 4 aromatic rings. The van der Waals surface area contributed by atoms with Gasteiger partial charge in [0.25, 0.3) is 5.91 Å². The van der Waals surface area contributed by atoms with Crippen LogP contribution in [0, 0.1) is 5.92 Å². The number of carbonyl (C=O) groups excluding carboxylic acids is 2. The van der Waals surface area contributed by atoms with Gasteiger partial charge in [-0.3, -0.25) is 19.5 Å². The lowest BCUT2D eigenvalue weighted by atomic mass is 10.1. The number of hydrogen-bond donors (Lipinski definition) is 1. The number of nitrogens with one attached hydrogen (secondary N) is 1. The third-order valence-electron chi connectivity index (χ3n) is 6.26. The Morgan fingerprint density at radius 2 is 1.85 bits per heavy atom. The number of methoxy groups -OCH3 is 1. The summed E-state index contributed by atoms with van der Waals surface area (Å²) in [6.07, 6.45) is 1.83. The number of carbonyl (C=O) groups is 2. The molecule has 9 nitrogen and oxygen atoms in total. The molecule has 0 radical (unpaired) electrons. The summed E-state index contributed by atoms with van der Waals surface area (Å²) in [5, 5.41) is 3.52. The number of fused-ring (bicyclic) bond motifs is 1. The van der Waals surface area contributed by atoms with Gasteiger partial charge in [0, 0.05) is 35.0 Å². The van der Waals surface area contributed by atoms with Crippen molar-refractivity contribution in [1.29, 1.82) is 0 Å². The van der Waals surface area contributed by atoms with E-state index < -0.39 is 0 Å². The van der Waals surface area contributed by atoms with Crippen molar-refractivity contribution >= 4 is 29.4 Å². The monoisotopic (exact) mass is 560 g/mol. The maximum absolute atomic E-state index is 13.4. The zero-order valence-corrected chi connectivity index (χ0v) is 23.1. The first-order chi connectivity index (χ1) is 19.3. The molecule has 0 atom stereocenters. The van der Waals surface area contributed by atoms with E-state index in [0.29, 0.717) is 46.0 Å². The molecule has 206 valence electrons. The molecular formula is C30H29ClN4O5. The van der Waals surface area contributed by atoms with Crippen molar-refractivity contribution in [2.24, 2.45) is 5.92 Å². The molecule has 0 aliphatic carbocycles. The van der Waals surface area contributed by atoms with Gasteiger partial charge in [0.1, 0.15) is 12.3 Å². The van der Waals surface area contributed by atoms with Crippen LogP contribution < -0.4 is 19.5 Å². The Bertz CT molecular complexity index is 1530. The Balaban J connectivity index is 1.42. The van der Waals surface area contributed by atoms with Crippen LogP contribution in [0.1, 0.15) is 24.2 Å². The third-order valence-corrected chi connectivity index (χ3v) is 6.51. The number of imidazole rings is 1. The minimum absolute atomic E-state index is 0.114. The van der Waals surface area contributed by atoms with Crippen LogP contribution >= 0.6 is 11.6 Å². The van der Waals surface area contributed by atoms with E-state index in [1.807, 2.05) is 56.4 Å². The zero-order valence-electron chi connectivity index (χ0n) is 22.4. The molecule has 1 aliphatic rings. The van der Waals surface area contributed by atoms with E-state index in [-0.39, 0.29) is 31.1 Å². The zero-order chi connectivity index (χ0) is 28.2. The predicted octanol–water partition coefficient (Wildman–Crippen LogP) is 5.67. The van der Waals surface area contributed by atoms with Crippen LogP contribution in [-0.2, 0) is 4.79 Å². The van der Waals surface area contributed by atoms with Gasteiger partial charge in [-0.2, -0.15) is 0 Å². The Kier molecular flexibility index (Phi) is 7.93. The Hall–Kier alpha value is -4.50. The van der Waals surface area contributed by atoms with Crippen LogP contribution in [0.5, 0.6) is 17.2 Å². The fourth-order valence-corrected chi connectivity index (χ4v) is 4.52. The van der Waals surface area contributed by atoms with Crippen LogP contribution in [0.2, 0.25) is 5.02 Å². The van der Waals surface area contributed by atoms with Crippen LogP contribution in [0.25, 0.3) is 16.9 Å². The van der Waals surface area contributed by atoms with Gasteiger partial charge in [0.05, 0.1) is 18.5 Å². The lowest BCUT2D eigenvalue weighted by Gasteiger charge is -2.24. The molecule has 0 saturated carbocycles. The molecule has 0 bridgehead atoms. The number of hydrogen-bond acceptors (Lipinski definition) is 6. The van der Waals surface area contributed by atoms with Gasteiger partial charge in [0.2, 0.25) is 18.6 Å². The van der Waals surface area contributed by atoms with Gasteiger partial charge in [0.15, 0.2) is 11.5 Å². The van der Waals surface area contributed by atoms with Crippen molar-refractivity contribution in [2.45, 2.75) is 13.8 Å². The number of ether oxygens (including phenoxy) is 3. The number of benzene rings is 3. The van der Waals surface area contributed by atoms with Crippen LogP contribution in [0.4, 0.5) is 5.95 Å². The smallest absolute Gasteiger partial charge is 0.254 e. The lowest BCUT2D eigenvalue weighted by Crippen LogP contribution is -2.40. The second-order valence-electron chi connectivity index (χ2n) is 9.72. The molecule has 3 aromatic carbocycles. The number of halogens is 1. The normalized spacial score (nSPS) is 11.9. The molecule has 5 rings (SSSR count). The van der Waals surface area contributed by atoms with E-state index in [9.17, 15) is 9.59 Å². The summed E-state index contributed by atoms with van der Waals surface area (Å²) in [6.45, 7) is 4.33. The van der Waals surface area contributed by atoms with E-state index in [1.165, 1.54) is 4.90 Å². The van der Waals surface area contributed by atoms with Gasteiger partial charge in [-0.05, 0) is 48.4 Å². The summed E-state index contributed by atoms with van der Waals surface area (Å²) in [4.78, 5) is 33.1. The molecule has 2 amide bonds. The summed E-state index contributed by atoms with van der Waals surface area (Å²) in [6, 6.07) is 19.7. The minimum Gasteiger partial charge on any atom is -0.497 e. The standard InChI is InChI=1S/C30H29ClN4O5/c1-19(2)15-34(29(37)21-9-12-26-27(13-21)40-18-39-26)17-28(36)33-30-32-25(20-7-10-22(31)11-8-20)16-35(30)23-5-4-6-24(14-23)38-3/h4-14,16,19H,15,17-18H2,1-3H3,(H,32,33,36). The van der Waals surface area contributed by atoms with Crippen molar-refractivity contribution in [3.63, 3.8) is 0 Å². The second kappa shape index (κ2) is 11.7. The number of anilines is 1. The Morgan fingerprint density at radius 3 is 2.60 bits per heavy atom. The summed E-state index contributed by atoms with van der Waals surface area (Å²) in [5.74, 6) is 1.55. The lowest BCUT2D eigenvalue weighted by molar-refractivity contribution is -0.117. The third kappa shape index (κ3) is 6.05. The maximum atomic E-state index is 13.4.